The van der Waals surface area contributed by atoms with E-state index in [-0.39, 0.29) is 5.91 Å². The third-order valence-electron chi connectivity index (χ3n) is 2.19. The van der Waals surface area contributed by atoms with Crippen LogP contribution in [-0.2, 0) is 13.5 Å². The molecule has 1 rings (SSSR count). The van der Waals surface area contributed by atoms with Crippen molar-refractivity contribution in [2.75, 3.05) is 7.05 Å². The lowest BCUT2D eigenvalue weighted by atomic mass is 10.1. The molecule has 4 nitrogen and oxygen atoms in total. The van der Waals surface area contributed by atoms with Crippen LogP contribution >= 0.6 is 0 Å². The van der Waals surface area contributed by atoms with Gasteiger partial charge in [-0.1, -0.05) is 19.3 Å². The first kappa shape index (κ1) is 11.3. The first-order valence-corrected chi connectivity index (χ1v) is 4.90. The lowest BCUT2D eigenvalue weighted by Gasteiger charge is -2.00. The number of nitrogens with zero attached hydrogens (tertiary/aromatic N) is 2. The van der Waals surface area contributed by atoms with Crippen LogP contribution in [0, 0.1) is 12.3 Å². The predicted octanol–water partition coefficient (Wildman–Crippen LogP) is 0.713. The minimum Gasteiger partial charge on any atom is -0.354 e. The largest absolute Gasteiger partial charge is 0.354 e. The second-order valence-electron chi connectivity index (χ2n) is 3.27. The van der Waals surface area contributed by atoms with Crippen LogP contribution < -0.4 is 5.32 Å². The van der Waals surface area contributed by atoms with Crippen LogP contribution in [0.2, 0.25) is 0 Å². The maximum atomic E-state index is 11.6. The molecular weight excluding hydrogens is 190 g/mol. The molecule has 15 heavy (non-hydrogen) atoms. The molecule has 1 amide bonds. The van der Waals surface area contributed by atoms with Gasteiger partial charge in [-0.2, -0.15) is 5.10 Å². The van der Waals surface area contributed by atoms with Crippen LogP contribution in [-0.4, -0.2) is 22.7 Å². The van der Waals surface area contributed by atoms with Crippen molar-refractivity contribution >= 4 is 5.91 Å². The summed E-state index contributed by atoms with van der Waals surface area (Å²) in [4.78, 5) is 11.6. The molecule has 0 fully saturated rings. The summed E-state index contributed by atoms with van der Waals surface area (Å²) in [5, 5.41) is 6.81. The predicted molar refractivity (Wildman–Crippen MR) is 58.5 cm³/mol. The van der Waals surface area contributed by atoms with Gasteiger partial charge >= 0.3 is 0 Å². The van der Waals surface area contributed by atoms with Gasteiger partial charge in [-0.3, -0.25) is 9.48 Å². The molecule has 1 aromatic rings. The third kappa shape index (κ3) is 2.01. The summed E-state index contributed by atoms with van der Waals surface area (Å²) in [6.07, 6.45) is 7.16. The van der Waals surface area contributed by atoms with E-state index in [0.29, 0.717) is 11.3 Å². The highest BCUT2D eigenvalue weighted by Gasteiger charge is 2.18. The van der Waals surface area contributed by atoms with E-state index in [1.54, 1.807) is 18.8 Å². The molecule has 0 aliphatic rings. The maximum absolute atomic E-state index is 11.6. The second-order valence-corrected chi connectivity index (χ2v) is 3.27. The van der Waals surface area contributed by atoms with Gasteiger partial charge in [-0.15, -0.1) is 6.42 Å². The summed E-state index contributed by atoms with van der Waals surface area (Å²) in [5.41, 5.74) is 1.89. The van der Waals surface area contributed by atoms with Gasteiger partial charge in [0.15, 0.2) is 0 Å². The Morgan fingerprint density at radius 1 is 1.67 bits per heavy atom. The Morgan fingerprint density at radius 3 is 2.80 bits per heavy atom. The summed E-state index contributed by atoms with van der Waals surface area (Å²) >= 11 is 0. The Labute approximate surface area is 89.7 Å². The summed E-state index contributed by atoms with van der Waals surface area (Å²) in [5.74, 6) is 2.35. The van der Waals surface area contributed by atoms with E-state index in [4.69, 9.17) is 6.42 Å². The third-order valence-corrected chi connectivity index (χ3v) is 2.19. The molecule has 0 spiro atoms. The number of amides is 1. The molecule has 4 heteroatoms. The topological polar surface area (TPSA) is 46.9 Å². The van der Waals surface area contributed by atoms with Crippen molar-refractivity contribution in [3.63, 3.8) is 0 Å². The van der Waals surface area contributed by atoms with Crippen molar-refractivity contribution in [2.24, 2.45) is 7.05 Å². The monoisotopic (exact) mass is 205 g/mol. The Balaban J connectivity index is 3.27. The molecular formula is C11H15N3O. The summed E-state index contributed by atoms with van der Waals surface area (Å²) in [6, 6.07) is 0. The van der Waals surface area contributed by atoms with Crippen LogP contribution in [0.1, 0.15) is 35.1 Å². The van der Waals surface area contributed by atoms with Gasteiger partial charge in [-0.25, -0.2) is 0 Å². The lowest BCUT2D eigenvalue weighted by molar-refractivity contribution is 0.0953. The molecule has 0 aliphatic heterocycles. The number of terminal acetylenes is 1. The number of aromatic nitrogens is 2. The number of carbonyl (C=O) groups excluding carboxylic acids is 1. The van der Waals surface area contributed by atoms with E-state index in [2.05, 4.69) is 23.3 Å². The highest BCUT2D eigenvalue weighted by atomic mass is 16.1. The summed E-state index contributed by atoms with van der Waals surface area (Å²) in [7, 11) is 3.31. The van der Waals surface area contributed by atoms with E-state index >= 15 is 0 Å². The van der Waals surface area contributed by atoms with E-state index in [9.17, 15) is 4.79 Å². The molecule has 0 radical (unpaired) electrons. The number of carbonyl (C=O) groups is 1. The summed E-state index contributed by atoms with van der Waals surface area (Å²) in [6.45, 7) is 2.05. The van der Waals surface area contributed by atoms with Crippen LogP contribution in [0.15, 0.2) is 0 Å². The minimum absolute atomic E-state index is 0.194. The highest BCUT2D eigenvalue weighted by molar-refractivity contribution is 5.95. The molecule has 0 aliphatic carbocycles. The SMILES string of the molecule is C#Cc1c(CCC)nn(C)c1C(=O)NC. The van der Waals surface area contributed by atoms with Crippen molar-refractivity contribution in [1.29, 1.82) is 0 Å². The number of rotatable bonds is 3. The zero-order valence-corrected chi connectivity index (χ0v) is 9.29. The lowest BCUT2D eigenvalue weighted by Crippen LogP contribution is -2.22. The van der Waals surface area contributed by atoms with Crippen LogP contribution in [0.4, 0.5) is 0 Å². The molecule has 0 bridgehead atoms. The molecule has 80 valence electrons. The standard InChI is InChI=1S/C11H15N3O/c1-5-7-9-8(6-2)10(11(15)12-3)14(4)13-9/h2H,5,7H2,1,3-4H3,(H,12,15). The average Bonchev–Trinajstić information content (AvgIpc) is 2.54. The summed E-state index contributed by atoms with van der Waals surface area (Å²) < 4.78 is 1.54. The highest BCUT2D eigenvalue weighted by Crippen LogP contribution is 2.14. The fraction of sp³-hybridized carbons (Fsp3) is 0.455. The molecule has 0 saturated carbocycles. The molecule has 1 N–H and O–H groups in total. The van der Waals surface area contributed by atoms with Crippen LogP contribution in [0.5, 0.6) is 0 Å². The van der Waals surface area contributed by atoms with Crippen LogP contribution in [0.25, 0.3) is 0 Å². The van der Waals surface area contributed by atoms with E-state index in [0.717, 1.165) is 18.5 Å². The van der Waals surface area contributed by atoms with Gasteiger partial charge in [0.25, 0.3) is 5.91 Å². The normalized spacial score (nSPS) is 9.73. The van der Waals surface area contributed by atoms with Gasteiger partial charge in [-0.05, 0) is 6.42 Å². The molecule has 0 aromatic carbocycles. The fourth-order valence-electron chi connectivity index (χ4n) is 1.52. The van der Waals surface area contributed by atoms with Crippen LogP contribution in [0.3, 0.4) is 0 Å². The average molecular weight is 205 g/mol. The first-order valence-electron chi connectivity index (χ1n) is 4.90. The van der Waals surface area contributed by atoms with Gasteiger partial charge in [0.1, 0.15) is 5.69 Å². The second kappa shape index (κ2) is 4.65. The van der Waals surface area contributed by atoms with E-state index < -0.39 is 0 Å². The molecule has 0 atom stereocenters. The molecule has 1 heterocycles. The Morgan fingerprint density at radius 2 is 2.33 bits per heavy atom. The maximum Gasteiger partial charge on any atom is 0.270 e. The van der Waals surface area contributed by atoms with Gasteiger partial charge in [0.2, 0.25) is 0 Å². The minimum atomic E-state index is -0.194. The number of hydrogen-bond donors (Lipinski definition) is 1. The number of aryl methyl sites for hydroxylation is 2. The van der Waals surface area contributed by atoms with Crippen molar-refractivity contribution in [1.82, 2.24) is 15.1 Å². The number of nitrogens with one attached hydrogen (secondary N) is 1. The van der Waals surface area contributed by atoms with E-state index in [1.165, 1.54) is 0 Å². The van der Waals surface area contributed by atoms with E-state index in [1.807, 2.05) is 0 Å². The number of hydrogen-bond acceptors (Lipinski definition) is 2. The van der Waals surface area contributed by atoms with Crippen molar-refractivity contribution in [3.8, 4) is 12.3 Å². The first-order chi connectivity index (χ1) is 7.15. The van der Waals surface area contributed by atoms with Crippen molar-refractivity contribution in [2.45, 2.75) is 19.8 Å². The molecule has 0 saturated heterocycles. The zero-order chi connectivity index (χ0) is 11.4. The van der Waals surface area contributed by atoms with Crippen molar-refractivity contribution < 1.29 is 4.79 Å². The van der Waals surface area contributed by atoms with Crippen molar-refractivity contribution in [3.05, 3.63) is 17.0 Å². The van der Waals surface area contributed by atoms with Gasteiger partial charge in [0.05, 0.1) is 11.3 Å². The Hall–Kier alpha value is -1.76. The molecule has 1 aromatic heterocycles. The molecule has 0 unspecified atom stereocenters. The fourth-order valence-corrected chi connectivity index (χ4v) is 1.52. The van der Waals surface area contributed by atoms with Gasteiger partial charge in [0, 0.05) is 14.1 Å². The Kier molecular flexibility index (Phi) is 3.51. The van der Waals surface area contributed by atoms with Gasteiger partial charge < -0.3 is 5.32 Å². The Bertz CT molecular complexity index is 412. The zero-order valence-electron chi connectivity index (χ0n) is 9.29. The quantitative estimate of drug-likeness (QED) is 0.739. The smallest absolute Gasteiger partial charge is 0.270 e.